The van der Waals surface area contributed by atoms with Crippen LogP contribution < -0.4 is 15.6 Å². The van der Waals surface area contributed by atoms with Crippen LogP contribution in [0.5, 0.6) is 11.6 Å². The molecule has 36 heavy (non-hydrogen) atoms. The Bertz CT molecular complexity index is 1220. The van der Waals surface area contributed by atoms with E-state index in [1.807, 2.05) is 47.6 Å². The van der Waals surface area contributed by atoms with Gasteiger partial charge in [-0.15, -0.1) is 0 Å². The van der Waals surface area contributed by atoms with Crippen LogP contribution in [0.1, 0.15) is 42.9 Å². The Labute approximate surface area is 210 Å². The van der Waals surface area contributed by atoms with Crippen molar-refractivity contribution < 1.29 is 14.6 Å². The Balaban J connectivity index is 1.05. The van der Waals surface area contributed by atoms with Gasteiger partial charge in [0.1, 0.15) is 11.9 Å². The molecule has 9 nitrogen and oxygen atoms in total. The summed E-state index contributed by atoms with van der Waals surface area (Å²) < 4.78 is 5.98. The monoisotopic (exact) mass is 488 g/mol. The van der Waals surface area contributed by atoms with E-state index in [1.54, 1.807) is 0 Å². The van der Waals surface area contributed by atoms with E-state index in [-0.39, 0.29) is 11.9 Å². The maximum Gasteiger partial charge on any atom is 0.251 e. The van der Waals surface area contributed by atoms with Gasteiger partial charge in [0.2, 0.25) is 5.88 Å². The second kappa shape index (κ2) is 10.1. The van der Waals surface area contributed by atoms with Crippen LogP contribution in [0.2, 0.25) is 0 Å². The quantitative estimate of drug-likeness (QED) is 0.487. The lowest BCUT2D eigenvalue weighted by molar-refractivity contribution is -0.137. The van der Waals surface area contributed by atoms with E-state index in [4.69, 9.17) is 4.74 Å². The second-order valence-electron chi connectivity index (χ2n) is 9.99. The number of aliphatic hydroxyl groups excluding tert-OH is 1. The maximum absolute atomic E-state index is 12.1. The molecule has 3 aliphatic rings. The maximum atomic E-state index is 12.1. The SMILES string of the molecule is O=C1[C@@H](O)CCN1C1CCN(Cc2cnc3cc(Oc4ccc(C5CCNN5)cn4)ccc3c2)CC1. The Hall–Kier alpha value is -3.11. The van der Waals surface area contributed by atoms with Crippen molar-refractivity contribution in [1.29, 1.82) is 0 Å². The van der Waals surface area contributed by atoms with Crippen molar-refractivity contribution in [3.63, 3.8) is 0 Å². The molecule has 2 aromatic heterocycles. The van der Waals surface area contributed by atoms with Crippen LogP contribution in [0.3, 0.4) is 0 Å². The zero-order chi connectivity index (χ0) is 24.5. The summed E-state index contributed by atoms with van der Waals surface area (Å²) in [5, 5.41) is 10.8. The average molecular weight is 489 g/mol. The zero-order valence-corrected chi connectivity index (χ0v) is 20.3. The minimum absolute atomic E-state index is 0.0951. The molecule has 2 atom stereocenters. The lowest BCUT2D eigenvalue weighted by Gasteiger charge is -2.36. The average Bonchev–Trinajstić information content (AvgIpc) is 3.56. The molecular weight excluding hydrogens is 456 g/mol. The molecule has 0 saturated carbocycles. The second-order valence-corrected chi connectivity index (χ2v) is 9.99. The molecule has 1 aromatic carbocycles. The van der Waals surface area contributed by atoms with Gasteiger partial charge in [-0.3, -0.25) is 25.5 Å². The highest BCUT2D eigenvalue weighted by Crippen LogP contribution is 2.27. The predicted molar refractivity (Wildman–Crippen MR) is 135 cm³/mol. The van der Waals surface area contributed by atoms with Crippen LogP contribution in [0.25, 0.3) is 10.9 Å². The van der Waals surface area contributed by atoms with Crippen molar-refractivity contribution in [2.45, 2.75) is 50.4 Å². The third kappa shape index (κ3) is 4.92. The molecule has 0 aliphatic carbocycles. The number of nitrogens with one attached hydrogen (secondary N) is 2. The summed E-state index contributed by atoms with van der Waals surface area (Å²) in [5.41, 5.74) is 9.60. The van der Waals surface area contributed by atoms with Crippen LogP contribution in [0, 0.1) is 0 Å². The van der Waals surface area contributed by atoms with E-state index >= 15 is 0 Å². The van der Waals surface area contributed by atoms with Crippen molar-refractivity contribution >= 4 is 16.8 Å². The van der Waals surface area contributed by atoms with Crippen molar-refractivity contribution in [3.05, 3.63) is 59.9 Å². The third-order valence-electron chi connectivity index (χ3n) is 7.55. The summed E-state index contributed by atoms with van der Waals surface area (Å²) in [5.74, 6) is 1.18. The molecule has 0 bridgehead atoms. The summed E-state index contributed by atoms with van der Waals surface area (Å²) in [6, 6.07) is 12.6. The summed E-state index contributed by atoms with van der Waals surface area (Å²) in [4.78, 5) is 25.6. The van der Waals surface area contributed by atoms with Crippen molar-refractivity contribution in [1.82, 2.24) is 30.6 Å². The standard InChI is InChI=1S/C27H32N6O3/c34-25-8-12-33(27(25)35)21-6-10-32(11-7-21)17-18-13-19-1-3-22(14-24(19)28-15-18)36-26-4-2-20(16-29-26)23-5-9-30-31-23/h1-4,13-16,21,23,25,30-31,34H,5-12,17H2/t23?,25-/m0/s1. The van der Waals surface area contributed by atoms with Gasteiger partial charge in [0, 0.05) is 74.7 Å². The molecule has 3 aliphatic heterocycles. The molecule has 3 fully saturated rings. The van der Waals surface area contributed by atoms with Gasteiger partial charge in [-0.2, -0.15) is 0 Å². The van der Waals surface area contributed by atoms with Crippen LogP contribution in [-0.2, 0) is 11.3 Å². The zero-order valence-electron chi connectivity index (χ0n) is 20.3. The molecule has 3 aromatic rings. The summed E-state index contributed by atoms with van der Waals surface area (Å²) in [7, 11) is 0. The Kier molecular flexibility index (Phi) is 6.54. The number of pyridine rings is 2. The van der Waals surface area contributed by atoms with Gasteiger partial charge < -0.3 is 14.7 Å². The fraction of sp³-hybridized carbons (Fsp3) is 0.444. The van der Waals surface area contributed by atoms with Crippen LogP contribution >= 0.6 is 0 Å². The molecule has 3 N–H and O–H groups in total. The number of amides is 1. The van der Waals surface area contributed by atoms with E-state index in [2.05, 4.69) is 31.8 Å². The number of hydrogen-bond acceptors (Lipinski definition) is 8. The molecular formula is C27H32N6O3. The first kappa shape index (κ1) is 23.3. The predicted octanol–water partition coefficient (Wildman–Crippen LogP) is 2.52. The number of likely N-dealkylation sites (tertiary alicyclic amines) is 2. The third-order valence-corrected chi connectivity index (χ3v) is 7.55. The molecule has 0 spiro atoms. The van der Waals surface area contributed by atoms with Gasteiger partial charge in [-0.25, -0.2) is 4.98 Å². The van der Waals surface area contributed by atoms with Crippen LogP contribution in [0.4, 0.5) is 0 Å². The molecule has 0 radical (unpaired) electrons. The molecule has 9 heteroatoms. The van der Waals surface area contributed by atoms with Gasteiger partial charge in [0.25, 0.3) is 5.91 Å². The highest BCUT2D eigenvalue weighted by Gasteiger charge is 2.36. The Morgan fingerprint density at radius 1 is 1.00 bits per heavy atom. The number of rotatable bonds is 6. The first-order chi connectivity index (χ1) is 17.6. The van der Waals surface area contributed by atoms with E-state index in [9.17, 15) is 9.90 Å². The summed E-state index contributed by atoms with van der Waals surface area (Å²) >= 11 is 0. The van der Waals surface area contributed by atoms with Crippen LogP contribution in [0.15, 0.2) is 48.8 Å². The molecule has 1 amide bonds. The molecule has 3 saturated heterocycles. The summed E-state index contributed by atoms with van der Waals surface area (Å²) in [6.07, 6.45) is 6.50. The highest BCUT2D eigenvalue weighted by atomic mass is 16.5. The number of piperidine rings is 1. The van der Waals surface area contributed by atoms with Crippen molar-refractivity contribution in [2.24, 2.45) is 0 Å². The van der Waals surface area contributed by atoms with Gasteiger partial charge in [-0.05, 0) is 55.0 Å². The number of nitrogens with zero attached hydrogens (tertiary/aromatic N) is 4. The molecule has 1 unspecified atom stereocenters. The molecule has 188 valence electrons. The lowest BCUT2D eigenvalue weighted by Crippen LogP contribution is -2.46. The lowest BCUT2D eigenvalue weighted by atomic mass is 10.0. The number of carbonyl (C=O) groups excluding carboxylic acids is 1. The number of fused-ring (bicyclic) bond motifs is 1. The number of hydrogen-bond donors (Lipinski definition) is 3. The first-order valence-electron chi connectivity index (χ1n) is 12.8. The van der Waals surface area contributed by atoms with E-state index in [1.165, 1.54) is 5.56 Å². The molecule has 5 heterocycles. The van der Waals surface area contributed by atoms with E-state index in [0.717, 1.165) is 61.9 Å². The highest BCUT2D eigenvalue weighted by molar-refractivity contribution is 5.83. The van der Waals surface area contributed by atoms with Gasteiger partial charge in [0.15, 0.2) is 0 Å². The van der Waals surface area contributed by atoms with Crippen LogP contribution in [-0.4, -0.2) is 69.1 Å². The smallest absolute Gasteiger partial charge is 0.251 e. The minimum atomic E-state index is -0.800. The number of ether oxygens (including phenoxy) is 1. The van der Waals surface area contributed by atoms with E-state index in [0.29, 0.717) is 30.6 Å². The molecule has 6 rings (SSSR count). The number of aromatic nitrogens is 2. The van der Waals surface area contributed by atoms with Gasteiger partial charge in [0.05, 0.1) is 5.52 Å². The fourth-order valence-corrected chi connectivity index (χ4v) is 5.51. The van der Waals surface area contributed by atoms with E-state index < -0.39 is 6.10 Å². The number of hydrazine groups is 1. The van der Waals surface area contributed by atoms with Crippen molar-refractivity contribution in [2.75, 3.05) is 26.2 Å². The number of aliphatic hydroxyl groups is 1. The first-order valence-corrected chi connectivity index (χ1v) is 12.8. The largest absolute Gasteiger partial charge is 0.439 e. The summed E-state index contributed by atoms with van der Waals surface area (Å²) in [6.45, 7) is 4.36. The van der Waals surface area contributed by atoms with Gasteiger partial charge >= 0.3 is 0 Å². The fourth-order valence-electron chi connectivity index (χ4n) is 5.51. The topological polar surface area (TPSA) is 103 Å². The van der Waals surface area contributed by atoms with Crippen molar-refractivity contribution in [3.8, 4) is 11.6 Å². The Morgan fingerprint density at radius 3 is 2.61 bits per heavy atom. The number of benzene rings is 1. The van der Waals surface area contributed by atoms with Gasteiger partial charge in [-0.1, -0.05) is 6.07 Å². The Morgan fingerprint density at radius 2 is 1.89 bits per heavy atom. The minimum Gasteiger partial charge on any atom is -0.439 e. The number of carbonyl (C=O) groups is 1. The normalized spacial score (nSPS) is 23.6.